The van der Waals surface area contributed by atoms with Crippen LogP contribution in [-0.2, 0) is 21.1 Å². The number of rotatable bonds is 4. The average molecular weight is 338 g/mol. The highest BCUT2D eigenvalue weighted by Gasteiger charge is 2.35. The third kappa shape index (κ3) is 4.53. The summed E-state index contributed by atoms with van der Waals surface area (Å²) >= 11 is 0. The van der Waals surface area contributed by atoms with Crippen LogP contribution in [0.4, 0.5) is 0 Å². The van der Waals surface area contributed by atoms with E-state index in [0.29, 0.717) is 0 Å². The highest BCUT2D eigenvalue weighted by Crippen LogP contribution is 2.33. The third-order valence-corrected chi connectivity index (χ3v) is 5.18. The summed E-state index contributed by atoms with van der Waals surface area (Å²) in [5.41, 5.74) is 1.57. The summed E-state index contributed by atoms with van der Waals surface area (Å²) in [6.45, 7) is 6.04. The van der Waals surface area contributed by atoms with Crippen LogP contribution in [0, 0.1) is 0 Å². The van der Waals surface area contributed by atoms with Crippen molar-refractivity contribution in [2.24, 2.45) is 0 Å². The van der Waals surface area contributed by atoms with Crippen LogP contribution in [0.3, 0.4) is 0 Å². The van der Waals surface area contributed by atoms with Crippen molar-refractivity contribution in [1.29, 1.82) is 0 Å². The maximum atomic E-state index is 13.1. The van der Waals surface area contributed by atoms with Crippen molar-refractivity contribution < 1.29 is 13.2 Å². The second-order valence-corrected chi connectivity index (χ2v) is 9.54. The summed E-state index contributed by atoms with van der Waals surface area (Å²) in [5, 5.41) is 0. The molecule has 0 unspecified atom stereocenters. The Hall–Kier alpha value is -1.43. The third-order valence-electron chi connectivity index (χ3n) is 4.25. The lowest BCUT2D eigenvalue weighted by Gasteiger charge is -2.39. The van der Waals surface area contributed by atoms with Gasteiger partial charge in [0.25, 0.3) is 0 Å². The summed E-state index contributed by atoms with van der Waals surface area (Å²) < 4.78 is 23.0. The van der Waals surface area contributed by atoms with Gasteiger partial charge in [-0.3, -0.25) is 9.78 Å². The predicted molar refractivity (Wildman–Crippen MR) is 91.1 cm³/mol. The molecule has 0 saturated carbocycles. The molecule has 0 aromatic carbocycles. The molecule has 6 heteroatoms. The van der Waals surface area contributed by atoms with Gasteiger partial charge in [0, 0.05) is 24.5 Å². The van der Waals surface area contributed by atoms with Gasteiger partial charge < -0.3 is 4.90 Å². The average Bonchev–Trinajstić information content (AvgIpc) is 2.44. The van der Waals surface area contributed by atoms with E-state index in [-0.39, 0.29) is 24.1 Å². The zero-order chi connectivity index (χ0) is 17.3. The first-order chi connectivity index (χ1) is 10.6. The molecule has 0 fully saturated rings. The van der Waals surface area contributed by atoms with Crippen LogP contribution in [0.15, 0.2) is 18.3 Å². The number of aryl methyl sites for hydroxylation is 1. The maximum Gasteiger partial charge on any atom is 0.232 e. The van der Waals surface area contributed by atoms with Gasteiger partial charge in [-0.15, -0.1) is 0 Å². The number of hydrogen-bond acceptors (Lipinski definition) is 4. The van der Waals surface area contributed by atoms with Crippen LogP contribution >= 0.6 is 0 Å². The van der Waals surface area contributed by atoms with E-state index in [1.165, 1.54) is 6.26 Å². The number of aromatic nitrogens is 1. The first kappa shape index (κ1) is 17.9. The smallest absolute Gasteiger partial charge is 0.232 e. The molecule has 0 saturated heterocycles. The SMILES string of the molecule is CC(C)(C)N(CCS(C)(=O)=O)C(=O)[C@@H]1CCCc2cccnc21. The molecule has 1 aliphatic carbocycles. The van der Waals surface area contributed by atoms with Crippen LogP contribution in [0.2, 0.25) is 0 Å². The Morgan fingerprint density at radius 3 is 2.70 bits per heavy atom. The number of carbonyl (C=O) groups excluding carboxylic acids is 1. The molecular formula is C17H26N2O3S. The van der Waals surface area contributed by atoms with E-state index in [1.807, 2.05) is 32.9 Å². The Morgan fingerprint density at radius 1 is 1.39 bits per heavy atom. The summed E-state index contributed by atoms with van der Waals surface area (Å²) in [7, 11) is -3.11. The van der Waals surface area contributed by atoms with Gasteiger partial charge in [-0.05, 0) is 51.7 Å². The molecule has 1 heterocycles. The van der Waals surface area contributed by atoms with E-state index in [4.69, 9.17) is 0 Å². The lowest BCUT2D eigenvalue weighted by atomic mass is 9.85. The number of fused-ring (bicyclic) bond motifs is 1. The molecule has 0 spiro atoms. The monoisotopic (exact) mass is 338 g/mol. The topological polar surface area (TPSA) is 67.3 Å². The molecule has 1 amide bonds. The number of nitrogens with zero attached hydrogens (tertiary/aromatic N) is 2. The molecule has 5 nitrogen and oxygen atoms in total. The lowest BCUT2D eigenvalue weighted by molar-refractivity contribution is -0.137. The fourth-order valence-corrected chi connectivity index (χ4v) is 3.59. The second kappa shape index (κ2) is 6.59. The van der Waals surface area contributed by atoms with Crippen LogP contribution in [-0.4, -0.2) is 48.3 Å². The molecule has 1 aromatic heterocycles. The zero-order valence-corrected chi connectivity index (χ0v) is 15.2. The van der Waals surface area contributed by atoms with Crippen molar-refractivity contribution in [2.75, 3.05) is 18.6 Å². The van der Waals surface area contributed by atoms with Gasteiger partial charge in [-0.2, -0.15) is 0 Å². The number of hydrogen-bond donors (Lipinski definition) is 0. The van der Waals surface area contributed by atoms with Crippen LogP contribution in [0.5, 0.6) is 0 Å². The van der Waals surface area contributed by atoms with Crippen molar-refractivity contribution in [2.45, 2.75) is 51.5 Å². The van der Waals surface area contributed by atoms with Crippen LogP contribution < -0.4 is 0 Å². The van der Waals surface area contributed by atoms with Crippen LogP contribution in [0.25, 0.3) is 0 Å². The highest BCUT2D eigenvalue weighted by atomic mass is 32.2. The van der Waals surface area contributed by atoms with Gasteiger partial charge in [0.2, 0.25) is 5.91 Å². The first-order valence-corrected chi connectivity index (χ1v) is 10.1. The summed E-state index contributed by atoms with van der Waals surface area (Å²) in [6.07, 6.45) is 5.61. The maximum absolute atomic E-state index is 13.1. The Bertz CT molecular complexity index is 677. The summed E-state index contributed by atoms with van der Waals surface area (Å²) in [6, 6.07) is 3.93. The van der Waals surface area contributed by atoms with E-state index >= 15 is 0 Å². The number of pyridine rings is 1. The van der Waals surface area contributed by atoms with Gasteiger partial charge in [-0.25, -0.2) is 8.42 Å². The molecule has 23 heavy (non-hydrogen) atoms. The van der Waals surface area contributed by atoms with E-state index in [2.05, 4.69) is 4.98 Å². The van der Waals surface area contributed by atoms with E-state index in [1.54, 1.807) is 11.1 Å². The van der Waals surface area contributed by atoms with Gasteiger partial charge in [-0.1, -0.05) is 6.07 Å². The Morgan fingerprint density at radius 2 is 2.09 bits per heavy atom. The van der Waals surface area contributed by atoms with E-state index < -0.39 is 15.4 Å². The van der Waals surface area contributed by atoms with Crippen molar-refractivity contribution in [3.05, 3.63) is 29.6 Å². The van der Waals surface area contributed by atoms with Gasteiger partial charge >= 0.3 is 0 Å². The molecule has 1 atom stereocenters. The fourth-order valence-electron chi connectivity index (χ4n) is 3.07. The first-order valence-electron chi connectivity index (χ1n) is 8.02. The van der Waals surface area contributed by atoms with Gasteiger partial charge in [0.1, 0.15) is 9.84 Å². The minimum absolute atomic E-state index is 0.0131. The number of carbonyl (C=O) groups is 1. The van der Waals surface area contributed by atoms with Crippen molar-refractivity contribution in [3.8, 4) is 0 Å². The standard InChI is InChI=1S/C17H26N2O3S/c1-17(2,3)19(11-12-23(4,21)22)16(20)14-9-5-7-13-8-6-10-18-15(13)14/h6,8,10,14H,5,7,9,11-12H2,1-4H3/t14-/m1/s1. The minimum Gasteiger partial charge on any atom is -0.336 e. The van der Waals surface area contributed by atoms with Gasteiger partial charge in [0.15, 0.2) is 0 Å². The lowest BCUT2D eigenvalue weighted by Crippen LogP contribution is -2.50. The molecular weight excluding hydrogens is 312 g/mol. The molecule has 2 rings (SSSR count). The summed E-state index contributed by atoms with van der Waals surface area (Å²) in [4.78, 5) is 19.2. The molecule has 0 radical (unpaired) electrons. The molecule has 0 aliphatic heterocycles. The molecule has 0 N–H and O–H groups in total. The largest absolute Gasteiger partial charge is 0.336 e. The highest BCUT2D eigenvalue weighted by molar-refractivity contribution is 7.90. The van der Waals surface area contributed by atoms with Crippen molar-refractivity contribution in [1.82, 2.24) is 9.88 Å². The molecule has 1 aromatic rings. The molecule has 1 aliphatic rings. The molecule has 0 bridgehead atoms. The number of sulfone groups is 1. The quantitative estimate of drug-likeness (QED) is 0.844. The number of amides is 1. The Balaban J connectivity index is 2.28. The van der Waals surface area contributed by atoms with Gasteiger partial charge in [0.05, 0.1) is 17.4 Å². The van der Waals surface area contributed by atoms with Crippen molar-refractivity contribution in [3.63, 3.8) is 0 Å². The molecule has 128 valence electrons. The second-order valence-electron chi connectivity index (χ2n) is 7.28. The van der Waals surface area contributed by atoms with E-state index in [9.17, 15) is 13.2 Å². The fraction of sp³-hybridized carbons (Fsp3) is 0.647. The Labute approximate surface area is 139 Å². The van der Waals surface area contributed by atoms with Crippen molar-refractivity contribution >= 4 is 15.7 Å². The van der Waals surface area contributed by atoms with Crippen LogP contribution in [0.1, 0.15) is 50.8 Å². The normalized spacial score (nSPS) is 18.3. The predicted octanol–water partition coefficient (Wildman–Crippen LogP) is 2.17. The zero-order valence-electron chi connectivity index (χ0n) is 14.4. The van der Waals surface area contributed by atoms with E-state index in [0.717, 1.165) is 30.5 Å². The Kier molecular flexibility index (Phi) is 5.14. The summed E-state index contributed by atoms with van der Waals surface area (Å²) in [5.74, 6) is -0.294. The minimum atomic E-state index is -3.11.